The van der Waals surface area contributed by atoms with Gasteiger partial charge >= 0.3 is 6.03 Å². The first-order valence-corrected chi connectivity index (χ1v) is 12.2. The van der Waals surface area contributed by atoms with Crippen molar-refractivity contribution in [1.82, 2.24) is 20.1 Å². The third-order valence-corrected chi connectivity index (χ3v) is 6.73. The second-order valence-corrected chi connectivity index (χ2v) is 9.17. The van der Waals surface area contributed by atoms with Crippen LogP contribution in [0.5, 0.6) is 0 Å². The van der Waals surface area contributed by atoms with Gasteiger partial charge in [-0.3, -0.25) is 19.9 Å². The molecule has 1 aliphatic carbocycles. The van der Waals surface area contributed by atoms with Crippen LogP contribution in [0.3, 0.4) is 0 Å². The average Bonchev–Trinajstić information content (AvgIpc) is 2.89. The summed E-state index contributed by atoms with van der Waals surface area (Å²) in [5.41, 5.74) is 1.18. The van der Waals surface area contributed by atoms with Crippen LogP contribution in [-0.2, 0) is 0 Å². The highest BCUT2D eigenvalue weighted by molar-refractivity contribution is 5.96. The summed E-state index contributed by atoms with van der Waals surface area (Å²) in [6.45, 7) is 3.53. The highest BCUT2D eigenvalue weighted by Crippen LogP contribution is 2.29. The van der Waals surface area contributed by atoms with Crippen molar-refractivity contribution in [2.75, 3.05) is 31.5 Å². The molecule has 0 radical (unpaired) electrons. The number of carbonyl (C=O) groups is 2. The van der Waals surface area contributed by atoms with Gasteiger partial charge in [0.15, 0.2) is 0 Å². The summed E-state index contributed by atoms with van der Waals surface area (Å²) in [4.78, 5) is 44.6. The van der Waals surface area contributed by atoms with Gasteiger partial charge < -0.3 is 20.4 Å². The van der Waals surface area contributed by atoms with E-state index >= 15 is 0 Å². The summed E-state index contributed by atoms with van der Waals surface area (Å²) >= 11 is 0. The Morgan fingerprint density at radius 3 is 2.43 bits per heavy atom. The van der Waals surface area contributed by atoms with E-state index in [4.69, 9.17) is 0 Å². The maximum Gasteiger partial charge on any atom is 0.317 e. The zero-order valence-electron chi connectivity index (χ0n) is 20.0. The second-order valence-electron chi connectivity index (χ2n) is 9.17. The number of rotatable bonds is 6. The molecule has 2 aliphatic rings. The molecule has 35 heavy (non-hydrogen) atoms. The Labute approximate surface area is 204 Å². The lowest BCUT2D eigenvalue weighted by atomic mass is 9.96. The van der Waals surface area contributed by atoms with Crippen LogP contribution in [-0.4, -0.2) is 63.9 Å². The molecule has 1 unspecified atom stereocenters. The molecule has 1 saturated heterocycles. The zero-order chi connectivity index (χ0) is 24.8. The van der Waals surface area contributed by atoms with Crippen LogP contribution >= 0.6 is 0 Å². The molecule has 1 aliphatic heterocycles. The summed E-state index contributed by atoms with van der Waals surface area (Å²) in [5, 5.41) is 18.0. The predicted molar refractivity (Wildman–Crippen MR) is 132 cm³/mol. The molecule has 1 atom stereocenters. The molecule has 0 bridgehead atoms. The van der Waals surface area contributed by atoms with Crippen LogP contribution < -0.4 is 10.6 Å². The number of piperazine rings is 1. The van der Waals surface area contributed by atoms with Gasteiger partial charge in [-0.15, -0.1) is 0 Å². The Hall–Kier alpha value is -3.69. The van der Waals surface area contributed by atoms with Crippen molar-refractivity contribution in [3.63, 3.8) is 0 Å². The molecule has 3 amide bonds. The third-order valence-electron chi connectivity index (χ3n) is 6.73. The number of carbonyl (C=O) groups excluding carboxylic acids is 2. The van der Waals surface area contributed by atoms with Gasteiger partial charge in [-0.1, -0.05) is 25.3 Å². The summed E-state index contributed by atoms with van der Waals surface area (Å²) in [6, 6.07) is 9.92. The van der Waals surface area contributed by atoms with E-state index in [0.717, 1.165) is 31.4 Å². The number of pyridine rings is 1. The molecule has 2 N–H and O–H groups in total. The molecule has 10 heteroatoms. The number of nitrogens with zero attached hydrogens (tertiary/aromatic N) is 4. The third kappa shape index (κ3) is 6.06. The quantitative estimate of drug-likeness (QED) is 0.477. The molecule has 186 valence electrons. The Balaban J connectivity index is 1.37. The van der Waals surface area contributed by atoms with Crippen molar-refractivity contribution >= 4 is 23.3 Å². The first-order valence-electron chi connectivity index (χ1n) is 12.2. The van der Waals surface area contributed by atoms with Crippen LogP contribution in [0.4, 0.5) is 16.2 Å². The predicted octanol–water partition coefficient (Wildman–Crippen LogP) is 3.96. The summed E-state index contributed by atoms with van der Waals surface area (Å²) < 4.78 is 0. The maximum atomic E-state index is 13.1. The molecule has 2 aromatic rings. The summed E-state index contributed by atoms with van der Waals surface area (Å²) in [5.74, 6) is -0.273. The molecule has 2 heterocycles. The van der Waals surface area contributed by atoms with Crippen molar-refractivity contribution < 1.29 is 14.5 Å². The number of benzene rings is 1. The fraction of sp³-hybridized carbons (Fsp3) is 0.480. The van der Waals surface area contributed by atoms with Gasteiger partial charge in [0.1, 0.15) is 5.69 Å². The zero-order valence-corrected chi connectivity index (χ0v) is 20.0. The van der Waals surface area contributed by atoms with Crippen LogP contribution in [0.15, 0.2) is 42.6 Å². The molecule has 1 aromatic carbocycles. The molecular formula is C25H32N6O4. The van der Waals surface area contributed by atoms with E-state index in [0.29, 0.717) is 31.9 Å². The summed E-state index contributed by atoms with van der Waals surface area (Å²) in [6.07, 6.45) is 7.24. The lowest BCUT2D eigenvalue weighted by Gasteiger charge is -2.36. The van der Waals surface area contributed by atoms with E-state index in [9.17, 15) is 19.7 Å². The van der Waals surface area contributed by atoms with Gasteiger partial charge in [-0.2, -0.15) is 0 Å². The first-order chi connectivity index (χ1) is 16.9. The lowest BCUT2D eigenvalue weighted by molar-refractivity contribution is -0.384. The van der Waals surface area contributed by atoms with Gasteiger partial charge in [0.25, 0.3) is 11.6 Å². The Morgan fingerprint density at radius 2 is 1.77 bits per heavy atom. The molecule has 1 saturated carbocycles. The molecular weight excluding hydrogens is 448 g/mol. The number of hydrogen-bond acceptors (Lipinski definition) is 6. The fourth-order valence-corrected chi connectivity index (χ4v) is 4.69. The van der Waals surface area contributed by atoms with E-state index in [1.165, 1.54) is 12.5 Å². The minimum absolute atomic E-state index is 0.0721. The molecule has 2 fully saturated rings. The monoisotopic (exact) mass is 480 g/mol. The van der Waals surface area contributed by atoms with E-state index < -0.39 is 4.92 Å². The van der Waals surface area contributed by atoms with Gasteiger partial charge in [0.2, 0.25) is 0 Å². The van der Waals surface area contributed by atoms with Gasteiger partial charge in [-0.25, -0.2) is 4.79 Å². The van der Waals surface area contributed by atoms with Crippen LogP contribution in [0, 0.1) is 10.1 Å². The van der Waals surface area contributed by atoms with E-state index in [1.54, 1.807) is 28.1 Å². The average molecular weight is 481 g/mol. The number of hydrogen-bond donors (Lipinski definition) is 2. The van der Waals surface area contributed by atoms with Crippen molar-refractivity contribution in [2.24, 2.45) is 0 Å². The maximum absolute atomic E-state index is 13.1. The number of anilines is 1. The number of amides is 3. The largest absolute Gasteiger partial charge is 0.371 e. The molecule has 0 spiro atoms. The van der Waals surface area contributed by atoms with E-state index in [2.05, 4.69) is 15.6 Å². The van der Waals surface area contributed by atoms with Crippen molar-refractivity contribution in [2.45, 2.75) is 51.1 Å². The topological polar surface area (TPSA) is 121 Å². The molecule has 4 rings (SSSR count). The SMILES string of the molecule is CC(Nc1ccc(C(=O)N2CCN(C(=O)NC3CCCCC3)CC2)cc1[N+](=O)[O-])c1ccccn1. The smallest absolute Gasteiger partial charge is 0.317 e. The number of nitrogens with one attached hydrogen (secondary N) is 2. The van der Waals surface area contributed by atoms with Crippen LogP contribution in [0.2, 0.25) is 0 Å². The van der Waals surface area contributed by atoms with E-state index in [-0.39, 0.29) is 35.3 Å². The van der Waals surface area contributed by atoms with Crippen molar-refractivity contribution in [3.05, 3.63) is 64.0 Å². The standard InChI is InChI=1S/C25H32N6O4/c1-18(21-9-5-6-12-26-21)27-22-11-10-19(17-23(22)31(34)35)24(32)29-13-15-30(16-14-29)25(33)28-20-7-3-2-4-8-20/h5-6,9-12,17-18,20,27H,2-4,7-8,13-16H2,1H3,(H,28,33). The second kappa shape index (κ2) is 11.2. The van der Waals surface area contributed by atoms with Gasteiger partial charge in [-0.05, 0) is 44.0 Å². The van der Waals surface area contributed by atoms with Crippen LogP contribution in [0.25, 0.3) is 0 Å². The minimum Gasteiger partial charge on any atom is -0.371 e. The van der Waals surface area contributed by atoms with Crippen LogP contribution in [0.1, 0.15) is 61.1 Å². The Bertz CT molecular complexity index is 1050. The lowest BCUT2D eigenvalue weighted by Crippen LogP contribution is -2.54. The number of nitro benzene ring substituents is 1. The van der Waals surface area contributed by atoms with E-state index in [1.807, 2.05) is 25.1 Å². The summed E-state index contributed by atoms with van der Waals surface area (Å²) in [7, 11) is 0. The van der Waals surface area contributed by atoms with Gasteiger partial charge in [0.05, 0.1) is 16.7 Å². The highest BCUT2D eigenvalue weighted by Gasteiger charge is 2.28. The normalized spacial score (nSPS) is 17.5. The minimum atomic E-state index is -0.488. The number of urea groups is 1. The van der Waals surface area contributed by atoms with Gasteiger partial charge in [0, 0.05) is 50.0 Å². The molecule has 1 aromatic heterocycles. The first kappa shape index (κ1) is 24.4. The number of aromatic nitrogens is 1. The fourth-order valence-electron chi connectivity index (χ4n) is 4.69. The Morgan fingerprint density at radius 1 is 1.06 bits per heavy atom. The number of nitro groups is 1. The molecule has 10 nitrogen and oxygen atoms in total. The highest BCUT2D eigenvalue weighted by atomic mass is 16.6. The Kier molecular flexibility index (Phi) is 7.79. The van der Waals surface area contributed by atoms with Crippen molar-refractivity contribution in [1.29, 1.82) is 0 Å². The van der Waals surface area contributed by atoms with Crippen molar-refractivity contribution in [3.8, 4) is 0 Å².